The smallest absolute Gasteiger partial charge is 0.367 e. The molecule has 4 nitrogen and oxygen atoms in total. The molecule has 0 aliphatic carbocycles. The molecule has 0 amide bonds. The molecule has 1 N–H and O–H groups in total. The van der Waals surface area contributed by atoms with Crippen LogP contribution in [-0.2, 0) is 0 Å². The van der Waals surface area contributed by atoms with Crippen molar-refractivity contribution in [1.82, 2.24) is 10.2 Å². The lowest BCUT2D eigenvalue weighted by atomic mass is 10.7. The lowest BCUT2D eigenvalue weighted by Gasteiger charge is -1.75. The highest BCUT2D eigenvalue weighted by Crippen LogP contribution is 2.10. The molecule has 0 aliphatic heterocycles. The molecule has 0 saturated carbocycles. The van der Waals surface area contributed by atoms with Crippen molar-refractivity contribution in [2.75, 3.05) is 0 Å². The summed E-state index contributed by atoms with van der Waals surface area (Å²) in [5.41, 5.74) is 0. The molecule has 0 atom stereocenters. The van der Waals surface area contributed by atoms with Gasteiger partial charge in [0.05, 0.1) is 0 Å². The van der Waals surface area contributed by atoms with Crippen LogP contribution in [0.4, 0.5) is 0 Å². The Morgan fingerprint density at radius 3 is 2.56 bits per heavy atom. The number of aromatic nitrogens is 2. The van der Waals surface area contributed by atoms with Gasteiger partial charge in [0.15, 0.2) is 3.01 Å². The third-order valence-electron chi connectivity index (χ3n) is 0.583. The zero-order chi connectivity index (χ0) is 6.85. The van der Waals surface area contributed by atoms with Crippen LogP contribution in [-0.4, -0.2) is 21.3 Å². The summed E-state index contributed by atoms with van der Waals surface area (Å²) in [6, 6.07) is 0. The number of hydrogen-bond donors (Lipinski definition) is 1. The van der Waals surface area contributed by atoms with E-state index in [9.17, 15) is 4.79 Å². The van der Waals surface area contributed by atoms with E-state index in [2.05, 4.69) is 10.2 Å². The number of carboxylic acids is 1. The minimum absolute atomic E-state index is 0.0411. The average Bonchev–Trinajstić information content (AvgIpc) is 2.14. The van der Waals surface area contributed by atoms with Gasteiger partial charge in [-0.1, -0.05) is 11.3 Å². The number of carbonyl (C=O) groups is 1. The van der Waals surface area contributed by atoms with Crippen molar-refractivity contribution < 1.29 is 9.90 Å². The molecule has 0 radical (unpaired) electrons. The monoisotopic (exact) mass is 256 g/mol. The van der Waals surface area contributed by atoms with E-state index in [-0.39, 0.29) is 5.01 Å². The summed E-state index contributed by atoms with van der Waals surface area (Å²) in [4.78, 5) is 10.1. The van der Waals surface area contributed by atoms with Crippen LogP contribution in [0.1, 0.15) is 9.80 Å². The van der Waals surface area contributed by atoms with Gasteiger partial charge in [-0.2, -0.15) is 0 Å². The van der Waals surface area contributed by atoms with E-state index in [1.807, 2.05) is 22.6 Å². The van der Waals surface area contributed by atoms with Gasteiger partial charge >= 0.3 is 5.97 Å². The summed E-state index contributed by atoms with van der Waals surface area (Å²) in [6.45, 7) is 0. The van der Waals surface area contributed by atoms with Crippen LogP contribution in [0, 0.1) is 3.01 Å². The molecule has 1 aromatic heterocycles. The van der Waals surface area contributed by atoms with Gasteiger partial charge in [0.1, 0.15) is 0 Å². The molecule has 6 heteroatoms. The molecule has 1 aromatic rings. The predicted octanol–water partition coefficient (Wildman–Crippen LogP) is 0.841. The molecule has 48 valence electrons. The highest BCUT2D eigenvalue weighted by molar-refractivity contribution is 14.1. The summed E-state index contributed by atoms with van der Waals surface area (Å²) >= 11 is 2.98. The van der Waals surface area contributed by atoms with Crippen molar-refractivity contribution >= 4 is 39.9 Å². The molecule has 0 spiro atoms. The number of nitrogens with zero attached hydrogens (tertiary/aromatic N) is 2. The molecule has 0 saturated heterocycles. The number of aromatic carboxylic acids is 1. The molecular formula is C3HIN2O2S. The van der Waals surface area contributed by atoms with Crippen LogP contribution < -0.4 is 0 Å². The van der Waals surface area contributed by atoms with Crippen LogP contribution in [0.15, 0.2) is 0 Å². The van der Waals surface area contributed by atoms with Crippen molar-refractivity contribution in [2.24, 2.45) is 0 Å². The topological polar surface area (TPSA) is 63.1 Å². The van der Waals surface area contributed by atoms with Gasteiger partial charge in [0, 0.05) is 0 Å². The van der Waals surface area contributed by atoms with Crippen LogP contribution >= 0.6 is 33.9 Å². The Labute approximate surface area is 68.1 Å². The van der Waals surface area contributed by atoms with Gasteiger partial charge < -0.3 is 5.11 Å². The summed E-state index contributed by atoms with van der Waals surface area (Å²) < 4.78 is 0.644. The lowest BCUT2D eigenvalue weighted by molar-refractivity contribution is 0.0695. The SMILES string of the molecule is O=C(O)c1nnc(I)s1. The number of rotatable bonds is 1. The summed E-state index contributed by atoms with van der Waals surface area (Å²) in [7, 11) is 0. The van der Waals surface area contributed by atoms with Gasteiger partial charge in [0.25, 0.3) is 0 Å². The second-order valence-electron chi connectivity index (χ2n) is 1.17. The van der Waals surface area contributed by atoms with E-state index in [4.69, 9.17) is 5.11 Å². The van der Waals surface area contributed by atoms with Crippen LogP contribution in [0.5, 0.6) is 0 Å². The van der Waals surface area contributed by atoms with Crippen molar-refractivity contribution in [1.29, 1.82) is 0 Å². The molecule has 9 heavy (non-hydrogen) atoms. The Balaban J connectivity index is 2.98. The van der Waals surface area contributed by atoms with E-state index < -0.39 is 5.97 Å². The second-order valence-corrected chi connectivity index (χ2v) is 3.90. The molecule has 0 aliphatic rings. The van der Waals surface area contributed by atoms with Gasteiger partial charge in [0.2, 0.25) is 5.01 Å². The Morgan fingerprint density at radius 1 is 1.67 bits per heavy atom. The third-order valence-corrected chi connectivity index (χ3v) is 2.16. The van der Waals surface area contributed by atoms with Crippen molar-refractivity contribution in [3.8, 4) is 0 Å². The first-order valence-electron chi connectivity index (χ1n) is 1.92. The standard InChI is InChI=1S/C3HIN2O2S/c4-3-6-5-1(9-3)2(7)8/h(H,7,8). The molecule has 1 heterocycles. The zero-order valence-corrected chi connectivity index (χ0v) is 7.01. The minimum atomic E-state index is -1.02. The Kier molecular flexibility index (Phi) is 1.96. The first-order chi connectivity index (χ1) is 4.20. The van der Waals surface area contributed by atoms with Crippen LogP contribution in [0.25, 0.3) is 0 Å². The van der Waals surface area contributed by atoms with Gasteiger partial charge in [-0.05, 0) is 22.6 Å². The third kappa shape index (κ3) is 1.58. The van der Waals surface area contributed by atoms with Crippen molar-refractivity contribution in [3.63, 3.8) is 0 Å². The van der Waals surface area contributed by atoms with Crippen molar-refractivity contribution in [2.45, 2.75) is 0 Å². The zero-order valence-electron chi connectivity index (χ0n) is 4.04. The highest BCUT2D eigenvalue weighted by atomic mass is 127. The van der Waals surface area contributed by atoms with Crippen molar-refractivity contribution in [3.05, 3.63) is 8.02 Å². The lowest BCUT2D eigenvalue weighted by Crippen LogP contribution is -1.93. The van der Waals surface area contributed by atoms with E-state index in [0.717, 1.165) is 11.3 Å². The van der Waals surface area contributed by atoms with E-state index in [1.165, 1.54) is 0 Å². The molecular weight excluding hydrogens is 255 g/mol. The minimum Gasteiger partial charge on any atom is -0.476 e. The average molecular weight is 256 g/mol. The molecule has 0 aromatic carbocycles. The normalized spacial score (nSPS) is 9.44. The van der Waals surface area contributed by atoms with E-state index in [1.54, 1.807) is 0 Å². The Hall–Kier alpha value is -0.240. The first-order valence-corrected chi connectivity index (χ1v) is 3.82. The summed E-state index contributed by atoms with van der Waals surface area (Å²) in [5, 5.41) is 15.2. The predicted molar refractivity (Wildman–Crippen MR) is 39.6 cm³/mol. The summed E-state index contributed by atoms with van der Waals surface area (Å²) in [5.74, 6) is -1.02. The van der Waals surface area contributed by atoms with Crippen LogP contribution in [0.2, 0.25) is 0 Å². The van der Waals surface area contributed by atoms with Gasteiger partial charge in [-0.15, -0.1) is 10.2 Å². The number of hydrogen-bond acceptors (Lipinski definition) is 4. The largest absolute Gasteiger partial charge is 0.476 e. The molecule has 0 fully saturated rings. The maximum absolute atomic E-state index is 10.1. The van der Waals surface area contributed by atoms with E-state index in [0.29, 0.717) is 3.01 Å². The quantitative estimate of drug-likeness (QED) is 0.756. The number of carboxylic acid groups (broad SMARTS) is 1. The second kappa shape index (κ2) is 2.56. The highest BCUT2D eigenvalue weighted by Gasteiger charge is 2.07. The Morgan fingerprint density at radius 2 is 2.33 bits per heavy atom. The van der Waals surface area contributed by atoms with E-state index >= 15 is 0 Å². The maximum Gasteiger partial charge on any atom is 0.367 e. The fourth-order valence-corrected chi connectivity index (χ4v) is 1.44. The van der Waals surface area contributed by atoms with Gasteiger partial charge in [-0.25, -0.2) is 4.79 Å². The molecule has 0 unspecified atom stereocenters. The van der Waals surface area contributed by atoms with Crippen LogP contribution in [0.3, 0.4) is 0 Å². The number of halogens is 1. The first kappa shape index (κ1) is 6.87. The maximum atomic E-state index is 10.1. The molecule has 0 bridgehead atoms. The fraction of sp³-hybridized carbons (Fsp3) is 0. The molecule has 1 rings (SSSR count). The fourth-order valence-electron chi connectivity index (χ4n) is 0.292. The van der Waals surface area contributed by atoms with Gasteiger partial charge in [-0.3, -0.25) is 0 Å². The summed E-state index contributed by atoms with van der Waals surface area (Å²) in [6.07, 6.45) is 0. The Bertz CT molecular complexity index is 235.